The third kappa shape index (κ3) is 2.68. The molecule has 1 saturated heterocycles. The first kappa shape index (κ1) is 12.5. The first-order valence-electron chi connectivity index (χ1n) is 5.75. The van der Waals surface area contributed by atoms with Crippen molar-refractivity contribution < 1.29 is 13.5 Å². The highest BCUT2D eigenvalue weighted by Crippen LogP contribution is 2.21. The fourth-order valence-electron chi connectivity index (χ4n) is 2.01. The molecule has 0 atom stereocenters. The summed E-state index contributed by atoms with van der Waals surface area (Å²) in [5.74, 6) is 0. The molecule has 1 aliphatic rings. The molecule has 94 valence electrons. The molecule has 1 fully saturated rings. The lowest BCUT2D eigenvalue weighted by Gasteiger charge is -2.28. The number of piperidine rings is 1. The largest absolute Gasteiger partial charge is 0.393 e. The van der Waals surface area contributed by atoms with Gasteiger partial charge in [-0.25, -0.2) is 8.42 Å². The Balaban J connectivity index is 2.25. The molecular weight excluding hydrogens is 238 g/mol. The SMILES string of the molecule is Cc1cccc(S(=O)(=O)N2CCC(O)CC2)c1. The molecule has 0 aliphatic carbocycles. The van der Waals surface area contributed by atoms with Crippen molar-refractivity contribution >= 4 is 10.0 Å². The van der Waals surface area contributed by atoms with E-state index >= 15 is 0 Å². The minimum absolute atomic E-state index is 0.342. The zero-order chi connectivity index (χ0) is 12.5. The highest BCUT2D eigenvalue weighted by Gasteiger charge is 2.28. The highest BCUT2D eigenvalue weighted by molar-refractivity contribution is 7.89. The normalized spacial score (nSPS) is 19.4. The number of aryl methyl sites for hydroxylation is 1. The Labute approximate surface area is 102 Å². The molecular formula is C12H17NO3S. The lowest BCUT2D eigenvalue weighted by Crippen LogP contribution is -2.39. The van der Waals surface area contributed by atoms with Crippen LogP contribution >= 0.6 is 0 Å². The van der Waals surface area contributed by atoms with Gasteiger partial charge >= 0.3 is 0 Å². The second-order valence-corrected chi connectivity index (χ2v) is 6.39. The predicted molar refractivity (Wildman–Crippen MR) is 65.2 cm³/mol. The molecule has 0 radical (unpaired) electrons. The molecule has 17 heavy (non-hydrogen) atoms. The second-order valence-electron chi connectivity index (χ2n) is 4.45. The first-order valence-corrected chi connectivity index (χ1v) is 7.19. The smallest absolute Gasteiger partial charge is 0.243 e. The number of benzene rings is 1. The number of hydrogen-bond donors (Lipinski definition) is 1. The number of nitrogens with zero attached hydrogens (tertiary/aromatic N) is 1. The van der Waals surface area contributed by atoms with E-state index in [4.69, 9.17) is 0 Å². The van der Waals surface area contributed by atoms with E-state index < -0.39 is 10.0 Å². The number of aliphatic hydroxyl groups excluding tert-OH is 1. The van der Waals surface area contributed by atoms with Gasteiger partial charge in [0.05, 0.1) is 11.0 Å². The van der Waals surface area contributed by atoms with Crippen LogP contribution in [0.1, 0.15) is 18.4 Å². The van der Waals surface area contributed by atoms with Gasteiger partial charge in [0.1, 0.15) is 0 Å². The Morgan fingerprint density at radius 1 is 1.29 bits per heavy atom. The van der Waals surface area contributed by atoms with Gasteiger partial charge in [0.2, 0.25) is 10.0 Å². The predicted octanol–water partition coefficient (Wildman–Crippen LogP) is 1.14. The maximum atomic E-state index is 12.3. The highest BCUT2D eigenvalue weighted by atomic mass is 32.2. The van der Waals surface area contributed by atoms with Crippen molar-refractivity contribution in [2.75, 3.05) is 13.1 Å². The van der Waals surface area contributed by atoms with E-state index in [0.717, 1.165) is 5.56 Å². The molecule has 1 aliphatic heterocycles. The quantitative estimate of drug-likeness (QED) is 0.862. The van der Waals surface area contributed by atoms with Crippen LogP contribution in [0.15, 0.2) is 29.2 Å². The van der Waals surface area contributed by atoms with Crippen molar-refractivity contribution in [3.63, 3.8) is 0 Å². The van der Waals surface area contributed by atoms with Crippen molar-refractivity contribution in [2.24, 2.45) is 0 Å². The molecule has 0 unspecified atom stereocenters. The van der Waals surface area contributed by atoms with Gasteiger partial charge in [-0.3, -0.25) is 0 Å². The summed E-state index contributed by atoms with van der Waals surface area (Å²) in [6, 6.07) is 6.92. The summed E-state index contributed by atoms with van der Waals surface area (Å²) in [6.07, 6.45) is 0.676. The van der Waals surface area contributed by atoms with Crippen molar-refractivity contribution in [1.29, 1.82) is 0 Å². The van der Waals surface area contributed by atoms with E-state index in [2.05, 4.69) is 0 Å². The molecule has 4 nitrogen and oxygen atoms in total. The number of hydrogen-bond acceptors (Lipinski definition) is 3. The van der Waals surface area contributed by atoms with E-state index in [1.165, 1.54) is 4.31 Å². The Kier molecular flexibility index (Phi) is 3.51. The number of rotatable bonds is 2. The van der Waals surface area contributed by atoms with Crippen LogP contribution < -0.4 is 0 Å². The van der Waals surface area contributed by atoms with Gasteiger partial charge in [-0.1, -0.05) is 12.1 Å². The van der Waals surface area contributed by atoms with E-state index in [1.807, 2.05) is 13.0 Å². The van der Waals surface area contributed by atoms with Crippen molar-refractivity contribution in [2.45, 2.75) is 30.8 Å². The summed E-state index contributed by atoms with van der Waals surface area (Å²) in [4.78, 5) is 0.342. The average molecular weight is 255 g/mol. The molecule has 1 heterocycles. The lowest BCUT2D eigenvalue weighted by molar-refractivity contribution is 0.113. The molecule has 5 heteroatoms. The van der Waals surface area contributed by atoms with Crippen LogP contribution in [-0.4, -0.2) is 37.0 Å². The monoisotopic (exact) mass is 255 g/mol. The van der Waals surface area contributed by atoms with Crippen molar-refractivity contribution in [3.8, 4) is 0 Å². The number of sulfonamides is 1. The van der Waals surface area contributed by atoms with Crippen LogP contribution in [0.5, 0.6) is 0 Å². The third-order valence-corrected chi connectivity index (χ3v) is 4.95. The zero-order valence-corrected chi connectivity index (χ0v) is 10.7. The lowest BCUT2D eigenvalue weighted by atomic mass is 10.1. The summed E-state index contributed by atoms with van der Waals surface area (Å²) in [5.41, 5.74) is 0.933. The van der Waals surface area contributed by atoms with Gasteiger partial charge in [0.25, 0.3) is 0 Å². The topological polar surface area (TPSA) is 57.6 Å². The maximum absolute atomic E-state index is 12.3. The Morgan fingerprint density at radius 3 is 2.53 bits per heavy atom. The summed E-state index contributed by atoms with van der Waals surface area (Å²) in [6.45, 7) is 2.67. The van der Waals surface area contributed by atoms with E-state index in [-0.39, 0.29) is 6.10 Å². The summed E-state index contributed by atoms with van der Waals surface area (Å²) in [5, 5.41) is 9.39. The molecule has 0 spiro atoms. The van der Waals surface area contributed by atoms with E-state index in [1.54, 1.807) is 18.2 Å². The minimum Gasteiger partial charge on any atom is -0.393 e. The first-order chi connectivity index (χ1) is 8.00. The van der Waals surface area contributed by atoms with Crippen LogP contribution in [0.3, 0.4) is 0 Å². The molecule has 0 amide bonds. The second kappa shape index (κ2) is 4.76. The fraction of sp³-hybridized carbons (Fsp3) is 0.500. The van der Waals surface area contributed by atoms with Crippen molar-refractivity contribution in [3.05, 3.63) is 29.8 Å². The summed E-state index contributed by atoms with van der Waals surface area (Å²) in [7, 11) is -3.39. The molecule has 2 rings (SSSR count). The summed E-state index contributed by atoms with van der Waals surface area (Å²) < 4.78 is 26.0. The van der Waals surface area contributed by atoms with Gasteiger partial charge in [-0.15, -0.1) is 0 Å². The van der Waals surface area contributed by atoms with Gasteiger partial charge in [-0.2, -0.15) is 4.31 Å². The van der Waals surface area contributed by atoms with Crippen LogP contribution in [0.4, 0.5) is 0 Å². The molecule has 0 saturated carbocycles. The average Bonchev–Trinajstić information content (AvgIpc) is 2.29. The maximum Gasteiger partial charge on any atom is 0.243 e. The minimum atomic E-state index is -3.39. The molecule has 1 N–H and O–H groups in total. The standard InChI is InChI=1S/C12H17NO3S/c1-10-3-2-4-12(9-10)17(15,16)13-7-5-11(14)6-8-13/h2-4,9,11,14H,5-8H2,1H3. The van der Waals surface area contributed by atoms with Gasteiger partial charge in [0.15, 0.2) is 0 Å². The van der Waals surface area contributed by atoms with E-state index in [0.29, 0.717) is 30.8 Å². The molecule has 0 bridgehead atoms. The van der Waals surface area contributed by atoms with Crippen LogP contribution in [0.2, 0.25) is 0 Å². The fourth-order valence-corrected chi connectivity index (χ4v) is 3.58. The van der Waals surface area contributed by atoms with Crippen LogP contribution in [0.25, 0.3) is 0 Å². The molecule has 1 aromatic rings. The Bertz CT molecular complexity index is 490. The van der Waals surface area contributed by atoms with Gasteiger partial charge in [-0.05, 0) is 37.5 Å². The van der Waals surface area contributed by atoms with Crippen LogP contribution in [-0.2, 0) is 10.0 Å². The van der Waals surface area contributed by atoms with E-state index in [9.17, 15) is 13.5 Å². The van der Waals surface area contributed by atoms with Gasteiger partial charge < -0.3 is 5.11 Å². The third-order valence-electron chi connectivity index (χ3n) is 3.05. The molecule has 0 aromatic heterocycles. The van der Waals surface area contributed by atoms with Gasteiger partial charge in [0, 0.05) is 13.1 Å². The van der Waals surface area contributed by atoms with Crippen molar-refractivity contribution in [1.82, 2.24) is 4.31 Å². The molecule has 1 aromatic carbocycles. The number of aliphatic hydroxyl groups is 1. The Hall–Kier alpha value is -0.910. The summed E-state index contributed by atoms with van der Waals surface area (Å²) >= 11 is 0. The van der Waals surface area contributed by atoms with Crippen LogP contribution in [0, 0.1) is 6.92 Å². The zero-order valence-electron chi connectivity index (χ0n) is 9.83. The Morgan fingerprint density at radius 2 is 1.94 bits per heavy atom.